The Morgan fingerprint density at radius 1 is 1.23 bits per heavy atom. The number of nitrogens with zero attached hydrogens (tertiary/aromatic N) is 1. The SMILES string of the molecule is O=C(NCl)c1ccc(-c2ccc3c(c2)C(=O)CC2(CCNCC2)O3)nc1. The molecule has 2 aliphatic heterocycles. The molecule has 1 amide bonds. The van der Waals surface area contributed by atoms with Gasteiger partial charge in [0, 0.05) is 36.4 Å². The van der Waals surface area contributed by atoms with E-state index in [0.717, 1.165) is 31.5 Å². The summed E-state index contributed by atoms with van der Waals surface area (Å²) in [5.74, 6) is 0.338. The first kappa shape index (κ1) is 17.0. The highest BCUT2D eigenvalue weighted by molar-refractivity contribution is 6.24. The molecule has 7 heteroatoms. The van der Waals surface area contributed by atoms with Gasteiger partial charge >= 0.3 is 0 Å². The van der Waals surface area contributed by atoms with Gasteiger partial charge in [0.25, 0.3) is 5.91 Å². The van der Waals surface area contributed by atoms with E-state index < -0.39 is 5.91 Å². The molecule has 1 aromatic carbocycles. The standard InChI is InChI=1S/C19H18ClN3O3/c20-23-18(25)13-1-3-15(22-11-13)12-2-4-17-14(9-12)16(24)10-19(26-17)5-7-21-8-6-19/h1-4,9,11,21H,5-8,10H2,(H,23,25). The summed E-state index contributed by atoms with van der Waals surface area (Å²) >= 11 is 5.32. The molecule has 2 N–H and O–H groups in total. The quantitative estimate of drug-likeness (QED) is 0.793. The first-order chi connectivity index (χ1) is 12.6. The van der Waals surface area contributed by atoms with Gasteiger partial charge in [0.1, 0.15) is 11.4 Å². The third kappa shape index (κ3) is 3.06. The lowest BCUT2D eigenvalue weighted by Crippen LogP contribution is -2.49. The summed E-state index contributed by atoms with van der Waals surface area (Å²) < 4.78 is 6.24. The monoisotopic (exact) mass is 371 g/mol. The molecule has 1 aromatic heterocycles. The fourth-order valence-electron chi connectivity index (χ4n) is 3.57. The number of piperidine rings is 1. The van der Waals surface area contributed by atoms with Crippen molar-refractivity contribution in [1.29, 1.82) is 0 Å². The summed E-state index contributed by atoms with van der Waals surface area (Å²) in [4.78, 5) is 30.6. The van der Waals surface area contributed by atoms with Crippen LogP contribution in [0.15, 0.2) is 36.5 Å². The highest BCUT2D eigenvalue weighted by Crippen LogP contribution is 2.39. The summed E-state index contributed by atoms with van der Waals surface area (Å²) in [6.07, 6.45) is 3.54. The molecule has 0 bridgehead atoms. The van der Waals surface area contributed by atoms with Crippen LogP contribution in [0.4, 0.5) is 0 Å². The Morgan fingerprint density at radius 2 is 2.04 bits per heavy atom. The van der Waals surface area contributed by atoms with Gasteiger partial charge < -0.3 is 10.1 Å². The molecule has 1 saturated heterocycles. The Labute approximate surface area is 156 Å². The zero-order chi connectivity index (χ0) is 18.1. The van der Waals surface area contributed by atoms with Gasteiger partial charge in [-0.3, -0.25) is 19.4 Å². The lowest BCUT2D eigenvalue weighted by atomic mass is 9.82. The van der Waals surface area contributed by atoms with Crippen LogP contribution in [0.5, 0.6) is 5.75 Å². The van der Waals surface area contributed by atoms with Crippen molar-refractivity contribution in [2.24, 2.45) is 0 Å². The Bertz CT molecular complexity index is 861. The summed E-state index contributed by atoms with van der Waals surface area (Å²) in [5, 5.41) is 3.31. The van der Waals surface area contributed by atoms with Crippen LogP contribution in [0.25, 0.3) is 11.3 Å². The van der Waals surface area contributed by atoms with Gasteiger partial charge in [0.05, 0.1) is 23.2 Å². The summed E-state index contributed by atoms with van der Waals surface area (Å²) in [7, 11) is 0. The predicted molar refractivity (Wildman–Crippen MR) is 97.4 cm³/mol. The fourth-order valence-corrected chi connectivity index (χ4v) is 3.68. The number of hydrogen-bond donors (Lipinski definition) is 2. The van der Waals surface area contributed by atoms with E-state index in [0.29, 0.717) is 29.0 Å². The van der Waals surface area contributed by atoms with Crippen molar-refractivity contribution >= 4 is 23.5 Å². The number of amides is 1. The number of fused-ring (bicyclic) bond motifs is 1. The van der Waals surface area contributed by atoms with E-state index in [1.54, 1.807) is 12.1 Å². The van der Waals surface area contributed by atoms with E-state index in [2.05, 4.69) is 10.3 Å². The van der Waals surface area contributed by atoms with Crippen molar-refractivity contribution in [2.45, 2.75) is 24.9 Å². The number of Topliss-reactive ketones (excluding diaryl/α,β-unsaturated/α-hetero) is 1. The van der Waals surface area contributed by atoms with Crippen LogP contribution in [-0.2, 0) is 0 Å². The van der Waals surface area contributed by atoms with Crippen LogP contribution < -0.4 is 14.9 Å². The minimum atomic E-state index is -0.410. The van der Waals surface area contributed by atoms with Crippen LogP contribution in [-0.4, -0.2) is 35.4 Å². The largest absolute Gasteiger partial charge is 0.486 e. The molecule has 1 spiro atoms. The maximum absolute atomic E-state index is 12.7. The topological polar surface area (TPSA) is 80.3 Å². The molecule has 26 heavy (non-hydrogen) atoms. The van der Waals surface area contributed by atoms with E-state index in [1.165, 1.54) is 6.20 Å². The first-order valence-electron chi connectivity index (χ1n) is 8.55. The van der Waals surface area contributed by atoms with E-state index in [4.69, 9.17) is 16.5 Å². The van der Waals surface area contributed by atoms with Gasteiger partial charge in [0.15, 0.2) is 5.78 Å². The second-order valence-electron chi connectivity index (χ2n) is 6.70. The molecule has 0 saturated carbocycles. The molecule has 4 rings (SSSR count). The Hall–Kier alpha value is -2.44. The number of aromatic nitrogens is 1. The summed E-state index contributed by atoms with van der Waals surface area (Å²) in [6.45, 7) is 1.74. The first-order valence-corrected chi connectivity index (χ1v) is 8.92. The molecular weight excluding hydrogens is 354 g/mol. The predicted octanol–water partition coefficient (Wildman–Crippen LogP) is 2.72. The number of hydrogen-bond acceptors (Lipinski definition) is 5. The molecule has 3 heterocycles. The molecule has 6 nitrogen and oxygen atoms in total. The van der Waals surface area contributed by atoms with Gasteiger partial charge in [0.2, 0.25) is 0 Å². The molecule has 0 atom stereocenters. The van der Waals surface area contributed by atoms with Crippen molar-refractivity contribution in [3.8, 4) is 17.0 Å². The molecule has 0 unspecified atom stereocenters. The maximum atomic E-state index is 12.7. The normalized spacial score (nSPS) is 18.1. The number of halogens is 1. The number of carbonyl (C=O) groups is 2. The van der Waals surface area contributed by atoms with E-state index in [9.17, 15) is 9.59 Å². The van der Waals surface area contributed by atoms with Crippen molar-refractivity contribution < 1.29 is 14.3 Å². The third-order valence-electron chi connectivity index (χ3n) is 5.01. The van der Waals surface area contributed by atoms with Crippen LogP contribution in [0.1, 0.15) is 40.0 Å². The third-order valence-corrected chi connectivity index (χ3v) is 5.18. The summed E-state index contributed by atoms with van der Waals surface area (Å²) in [6, 6.07) is 8.91. The average Bonchev–Trinajstić information content (AvgIpc) is 2.68. The summed E-state index contributed by atoms with van der Waals surface area (Å²) in [5.41, 5.74) is 2.07. The molecule has 1 fully saturated rings. The Kier molecular flexibility index (Phi) is 4.38. The number of carbonyl (C=O) groups excluding carboxylic acids is 2. The van der Waals surface area contributed by atoms with E-state index in [-0.39, 0.29) is 11.4 Å². The van der Waals surface area contributed by atoms with E-state index >= 15 is 0 Å². The molecule has 134 valence electrons. The molecule has 0 radical (unpaired) electrons. The number of ketones is 1. The van der Waals surface area contributed by atoms with Gasteiger partial charge in [-0.2, -0.15) is 0 Å². The Morgan fingerprint density at radius 3 is 2.73 bits per heavy atom. The van der Waals surface area contributed by atoms with Gasteiger partial charge in [-0.1, -0.05) is 0 Å². The average molecular weight is 372 g/mol. The number of benzene rings is 1. The van der Waals surface area contributed by atoms with Crippen LogP contribution in [0, 0.1) is 0 Å². The van der Waals surface area contributed by atoms with Crippen molar-refractivity contribution in [2.75, 3.05) is 13.1 Å². The molecule has 2 aliphatic rings. The zero-order valence-electron chi connectivity index (χ0n) is 14.0. The number of pyridine rings is 1. The smallest absolute Gasteiger partial charge is 0.267 e. The lowest BCUT2D eigenvalue weighted by molar-refractivity contribution is 0.0187. The van der Waals surface area contributed by atoms with Crippen LogP contribution in [0.3, 0.4) is 0 Å². The van der Waals surface area contributed by atoms with Crippen LogP contribution in [0.2, 0.25) is 0 Å². The highest BCUT2D eigenvalue weighted by Gasteiger charge is 2.41. The fraction of sp³-hybridized carbons (Fsp3) is 0.316. The lowest BCUT2D eigenvalue weighted by Gasteiger charge is -2.40. The molecular formula is C19H18ClN3O3. The van der Waals surface area contributed by atoms with Gasteiger partial charge in [-0.15, -0.1) is 0 Å². The second kappa shape index (κ2) is 6.70. The number of rotatable bonds is 2. The van der Waals surface area contributed by atoms with Gasteiger partial charge in [-0.05, 0) is 43.4 Å². The Balaban J connectivity index is 1.63. The molecule has 0 aliphatic carbocycles. The maximum Gasteiger partial charge on any atom is 0.267 e. The second-order valence-corrected chi connectivity index (χ2v) is 6.89. The van der Waals surface area contributed by atoms with Crippen molar-refractivity contribution in [3.05, 3.63) is 47.7 Å². The van der Waals surface area contributed by atoms with Crippen LogP contribution >= 0.6 is 11.8 Å². The minimum Gasteiger partial charge on any atom is -0.486 e. The zero-order valence-corrected chi connectivity index (χ0v) is 14.8. The number of nitrogens with one attached hydrogen (secondary N) is 2. The van der Waals surface area contributed by atoms with Crippen molar-refractivity contribution in [3.63, 3.8) is 0 Å². The van der Waals surface area contributed by atoms with E-state index in [1.807, 2.05) is 23.0 Å². The molecule has 2 aromatic rings. The number of ether oxygens (including phenoxy) is 1. The highest BCUT2D eigenvalue weighted by atomic mass is 35.5. The van der Waals surface area contributed by atoms with Gasteiger partial charge in [-0.25, -0.2) is 0 Å². The minimum absolute atomic E-state index is 0.105. The van der Waals surface area contributed by atoms with Crippen molar-refractivity contribution in [1.82, 2.24) is 15.1 Å².